The maximum Gasteiger partial charge on any atom is 1.00 e. The summed E-state index contributed by atoms with van der Waals surface area (Å²) in [6.45, 7) is 0.449. The number of carboxylic acid groups (broad SMARTS) is 1. The Morgan fingerprint density at radius 1 is 1.17 bits per heavy atom. The SMILES string of the molecule is O=C([O-])c1ccc2cc(OCCCl)ccc2c1.[Na+]. The Bertz CT molecular complexity index is 557. The van der Waals surface area contributed by atoms with Crippen molar-refractivity contribution < 1.29 is 44.2 Å². The van der Waals surface area contributed by atoms with Gasteiger partial charge in [0.1, 0.15) is 12.4 Å². The van der Waals surface area contributed by atoms with E-state index in [-0.39, 0.29) is 35.1 Å². The number of alkyl halides is 1. The monoisotopic (exact) mass is 272 g/mol. The molecule has 88 valence electrons. The molecule has 2 aromatic carbocycles. The molecule has 0 unspecified atom stereocenters. The van der Waals surface area contributed by atoms with Crippen LogP contribution in [0.3, 0.4) is 0 Å². The number of ether oxygens (including phenoxy) is 1. The molecule has 0 amide bonds. The molecule has 0 spiro atoms. The molecule has 0 aliphatic rings. The second-order valence-corrected chi connectivity index (χ2v) is 3.93. The zero-order valence-electron chi connectivity index (χ0n) is 9.98. The first kappa shape index (κ1) is 15.3. The van der Waals surface area contributed by atoms with Crippen molar-refractivity contribution in [2.24, 2.45) is 0 Å². The summed E-state index contributed by atoms with van der Waals surface area (Å²) in [5.74, 6) is -0.0181. The van der Waals surface area contributed by atoms with E-state index in [0.29, 0.717) is 12.5 Å². The summed E-state index contributed by atoms with van der Waals surface area (Å²) in [4.78, 5) is 10.7. The number of hydrogen-bond donors (Lipinski definition) is 0. The number of carbonyl (C=O) groups is 1. The van der Waals surface area contributed by atoms with Crippen LogP contribution in [-0.2, 0) is 0 Å². The Balaban J connectivity index is 0.00000162. The van der Waals surface area contributed by atoms with Gasteiger partial charge in [-0.2, -0.15) is 0 Å². The summed E-state index contributed by atoms with van der Waals surface area (Å²) in [7, 11) is 0. The van der Waals surface area contributed by atoms with Gasteiger partial charge in [0.15, 0.2) is 0 Å². The van der Waals surface area contributed by atoms with Gasteiger partial charge in [0.2, 0.25) is 0 Å². The number of aromatic carboxylic acids is 1. The summed E-state index contributed by atoms with van der Waals surface area (Å²) >= 11 is 5.53. The van der Waals surface area contributed by atoms with Crippen LogP contribution in [-0.4, -0.2) is 18.5 Å². The van der Waals surface area contributed by atoms with Crippen molar-refractivity contribution in [3.63, 3.8) is 0 Å². The van der Waals surface area contributed by atoms with Gasteiger partial charge in [0.05, 0.1) is 11.8 Å². The van der Waals surface area contributed by atoms with E-state index in [1.54, 1.807) is 18.2 Å². The minimum absolute atomic E-state index is 0. The fraction of sp³-hybridized carbons (Fsp3) is 0.154. The molecule has 5 heteroatoms. The topological polar surface area (TPSA) is 49.4 Å². The third kappa shape index (κ3) is 3.62. The molecule has 0 bridgehead atoms. The molecule has 0 heterocycles. The number of fused-ring (bicyclic) bond motifs is 1. The van der Waals surface area contributed by atoms with Crippen molar-refractivity contribution in [3.8, 4) is 5.75 Å². The molecule has 0 atom stereocenters. The average molecular weight is 273 g/mol. The number of rotatable bonds is 4. The standard InChI is InChI=1S/C13H11ClO3.Na/c14-5-6-17-12-4-3-9-7-11(13(15)16)2-1-10(9)8-12;/h1-4,7-8H,5-6H2,(H,15,16);/q;+1/p-1. The summed E-state index contributed by atoms with van der Waals surface area (Å²) in [6, 6.07) is 10.3. The van der Waals surface area contributed by atoms with E-state index in [1.807, 2.05) is 12.1 Å². The second-order valence-electron chi connectivity index (χ2n) is 3.55. The van der Waals surface area contributed by atoms with Crippen LogP contribution in [0.5, 0.6) is 5.75 Å². The van der Waals surface area contributed by atoms with Crippen molar-refractivity contribution in [2.75, 3.05) is 12.5 Å². The van der Waals surface area contributed by atoms with Crippen LogP contribution < -0.4 is 39.4 Å². The van der Waals surface area contributed by atoms with Gasteiger partial charge in [0.25, 0.3) is 0 Å². The third-order valence-corrected chi connectivity index (χ3v) is 2.55. The summed E-state index contributed by atoms with van der Waals surface area (Å²) in [5.41, 5.74) is 0.173. The van der Waals surface area contributed by atoms with Crippen molar-refractivity contribution in [1.29, 1.82) is 0 Å². The zero-order chi connectivity index (χ0) is 12.3. The first-order chi connectivity index (χ1) is 8.20. The molecule has 0 saturated carbocycles. The normalized spacial score (nSPS) is 9.83. The largest absolute Gasteiger partial charge is 1.00 e. The van der Waals surface area contributed by atoms with Gasteiger partial charge in [-0.3, -0.25) is 0 Å². The smallest absolute Gasteiger partial charge is 0.545 e. The minimum Gasteiger partial charge on any atom is -0.545 e. The number of halogens is 1. The fourth-order valence-corrected chi connectivity index (χ4v) is 1.67. The molecule has 3 nitrogen and oxygen atoms in total. The van der Waals surface area contributed by atoms with E-state index < -0.39 is 5.97 Å². The van der Waals surface area contributed by atoms with Crippen LogP contribution in [0, 0.1) is 0 Å². The second kappa shape index (κ2) is 7.00. The van der Waals surface area contributed by atoms with Gasteiger partial charge in [-0.15, -0.1) is 11.6 Å². The Kier molecular flexibility index (Phi) is 5.96. The number of carbonyl (C=O) groups excluding carboxylic acids is 1. The Hall–Kier alpha value is -0.740. The molecule has 2 aromatic rings. The molecule has 0 aliphatic heterocycles. The van der Waals surface area contributed by atoms with Crippen LogP contribution in [0.4, 0.5) is 0 Å². The number of hydrogen-bond acceptors (Lipinski definition) is 3. The van der Waals surface area contributed by atoms with Crippen LogP contribution >= 0.6 is 11.6 Å². The maximum atomic E-state index is 10.7. The van der Waals surface area contributed by atoms with Crippen LogP contribution in [0.25, 0.3) is 10.8 Å². The number of carboxylic acids is 1. The van der Waals surface area contributed by atoms with Crippen molar-refractivity contribution in [2.45, 2.75) is 0 Å². The van der Waals surface area contributed by atoms with Gasteiger partial charge in [-0.25, -0.2) is 0 Å². The first-order valence-electron chi connectivity index (χ1n) is 5.14. The minimum atomic E-state index is -1.17. The summed E-state index contributed by atoms with van der Waals surface area (Å²) in [6.07, 6.45) is 0. The molecular weight excluding hydrogens is 263 g/mol. The zero-order valence-corrected chi connectivity index (χ0v) is 12.7. The third-order valence-electron chi connectivity index (χ3n) is 2.39. The Morgan fingerprint density at radius 2 is 1.83 bits per heavy atom. The maximum absolute atomic E-state index is 10.7. The Labute approximate surface area is 132 Å². The summed E-state index contributed by atoms with van der Waals surface area (Å²) < 4.78 is 5.38. The van der Waals surface area contributed by atoms with E-state index in [1.165, 1.54) is 6.07 Å². The molecule has 0 saturated heterocycles. The van der Waals surface area contributed by atoms with E-state index >= 15 is 0 Å². The molecule has 0 N–H and O–H groups in total. The first-order valence-corrected chi connectivity index (χ1v) is 5.68. The van der Waals surface area contributed by atoms with E-state index in [4.69, 9.17) is 16.3 Å². The average Bonchev–Trinajstić information content (AvgIpc) is 2.35. The fourth-order valence-electron chi connectivity index (χ4n) is 1.60. The number of benzene rings is 2. The van der Waals surface area contributed by atoms with E-state index in [9.17, 15) is 9.90 Å². The van der Waals surface area contributed by atoms with Crippen LogP contribution in [0.1, 0.15) is 10.4 Å². The van der Waals surface area contributed by atoms with Crippen LogP contribution in [0.2, 0.25) is 0 Å². The molecule has 18 heavy (non-hydrogen) atoms. The molecular formula is C13H10ClNaO3. The molecule has 0 fully saturated rings. The van der Waals surface area contributed by atoms with E-state index in [2.05, 4.69) is 0 Å². The van der Waals surface area contributed by atoms with Gasteiger partial charge >= 0.3 is 29.6 Å². The molecule has 0 aliphatic carbocycles. The molecule has 0 radical (unpaired) electrons. The Morgan fingerprint density at radius 3 is 2.50 bits per heavy atom. The van der Waals surface area contributed by atoms with Gasteiger partial charge in [-0.05, 0) is 34.5 Å². The predicted molar refractivity (Wildman–Crippen MR) is 64.5 cm³/mol. The van der Waals surface area contributed by atoms with Crippen LogP contribution in [0.15, 0.2) is 36.4 Å². The molecule has 0 aromatic heterocycles. The summed E-state index contributed by atoms with van der Waals surface area (Å²) in [5, 5.41) is 12.5. The van der Waals surface area contributed by atoms with E-state index in [0.717, 1.165) is 16.5 Å². The quantitative estimate of drug-likeness (QED) is 0.520. The van der Waals surface area contributed by atoms with Crippen molar-refractivity contribution >= 4 is 28.3 Å². The van der Waals surface area contributed by atoms with Gasteiger partial charge < -0.3 is 14.6 Å². The predicted octanol–water partition coefficient (Wildman–Crippen LogP) is -1.18. The molecule has 2 rings (SSSR count). The van der Waals surface area contributed by atoms with Crippen molar-refractivity contribution in [3.05, 3.63) is 42.0 Å². The van der Waals surface area contributed by atoms with Crippen molar-refractivity contribution in [1.82, 2.24) is 0 Å². The van der Waals surface area contributed by atoms with Gasteiger partial charge in [-0.1, -0.05) is 18.2 Å². The van der Waals surface area contributed by atoms with Gasteiger partial charge in [0, 0.05) is 0 Å².